The molecule has 1 nitrogen and oxygen atoms in total. The minimum atomic E-state index is -0.861. The molecule has 22 heavy (non-hydrogen) atoms. The molecular weight excluding hydrogens is 304 g/mol. The van der Waals surface area contributed by atoms with Crippen LogP contribution in [0.25, 0.3) is 16.3 Å². The summed E-state index contributed by atoms with van der Waals surface area (Å²) in [6, 6.07) is 12.6. The van der Waals surface area contributed by atoms with E-state index in [1.165, 1.54) is 27.7 Å². The molecule has 0 spiro atoms. The number of hydrogen-bond acceptors (Lipinski definition) is 1. The fourth-order valence-corrected chi connectivity index (χ4v) is 3.29. The fraction of sp³-hybridized carbons (Fsp3) is 0.300. The van der Waals surface area contributed by atoms with Crippen LogP contribution >= 0.6 is 0 Å². The van der Waals surface area contributed by atoms with Gasteiger partial charge in [-0.25, -0.2) is 0 Å². The van der Waals surface area contributed by atoms with Crippen LogP contribution in [0.15, 0.2) is 53.6 Å². The molecule has 0 radical (unpaired) electrons. The van der Waals surface area contributed by atoms with Gasteiger partial charge < -0.3 is 5.11 Å². The van der Waals surface area contributed by atoms with Gasteiger partial charge in [-0.3, -0.25) is 0 Å². The van der Waals surface area contributed by atoms with E-state index in [2.05, 4.69) is 44.2 Å². The third kappa shape index (κ3) is 2.86. The van der Waals surface area contributed by atoms with Crippen molar-refractivity contribution < 1.29 is 26.8 Å². The summed E-state index contributed by atoms with van der Waals surface area (Å²) in [6.07, 6.45) is 3.23. The summed E-state index contributed by atoms with van der Waals surface area (Å²) < 4.78 is 0. The minimum absolute atomic E-state index is 0. The van der Waals surface area contributed by atoms with Gasteiger partial charge in [0.25, 0.3) is 0 Å². The van der Waals surface area contributed by atoms with Crippen molar-refractivity contribution in [1.82, 2.24) is 0 Å². The van der Waals surface area contributed by atoms with Gasteiger partial charge in [-0.1, -0.05) is 48.0 Å². The predicted octanol–water partition coefficient (Wildman–Crippen LogP) is 5.19. The van der Waals surface area contributed by atoms with Gasteiger partial charge >= 0.3 is 0 Å². The predicted molar refractivity (Wildman–Crippen MR) is 90.2 cm³/mol. The Morgan fingerprint density at radius 2 is 1.68 bits per heavy atom. The molecule has 3 rings (SSSR count). The van der Waals surface area contributed by atoms with Crippen molar-refractivity contribution in [2.75, 3.05) is 0 Å². The van der Waals surface area contributed by atoms with Crippen molar-refractivity contribution >= 4 is 16.3 Å². The summed E-state index contributed by atoms with van der Waals surface area (Å²) in [5.41, 5.74) is 5.40. The number of aliphatic hydroxyl groups is 1. The van der Waals surface area contributed by atoms with Crippen molar-refractivity contribution in [1.29, 1.82) is 0 Å². The first kappa shape index (κ1) is 17.2. The maximum atomic E-state index is 10.7. The van der Waals surface area contributed by atoms with Gasteiger partial charge in [0.05, 0.1) is 5.60 Å². The quantitative estimate of drug-likeness (QED) is 0.753. The van der Waals surface area contributed by atoms with E-state index in [1.807, 2.05) is 26.0 Å². The van der Waals surface area contributed by atoms with E-state index in [-0.39, 0.29) is 21.7 Å². The fourth-order valence-electron chi connectivity index (χ4n) is 3.29. The summed E-state index contributed by atoms with van der Waals surface area (Å²) in [5.74, 6) is 0. The molecule has 2 heteroatoms. The summed E-state index contributed by atoms with van der Waals surface area (Å²) in [7, 11) is 0. The summed E-state index contributed by atoms with van der Waals surface area (Å²) >= 11 is 0. The molecule has 0 aromatic heterocycles. The molecule has 0 aliphatic heterocycles. The van der Waals surface area contributed by atoms with Crippen molar-refractivity contribution in [3.8, 4) is 0 Å². The molecule has 0 saturated carbocycles. The third-order valence-corrected chi connectivity index (χ3v) is 4.52. The zero-order valence-corrected chi connectivity index (χ0v) is 15.3. The SMILES string of the molecule is CC1=CCC(c2ccc3ccccc3c2C(C)(C)O)=C1C.[Ti]. The Labute approximate surface area is 147 Å². The van der Waals surface area contributed by atoms with Crippen LogP contribution in [0.3, 0.4) is 0 Å². The van der Waals surface area contributed by atoms with Crippen LogP contribution in [0.4, 0.5) is 0 Å². The normalized spacial score (nSPS) is 15.0. The molecule has 1 aliphatic carbocycles. The van der Waals surface area contributed by atoms with Gasteiger partial charge in [-0.05, 0) is 67.2 Å². The summed E-state index contributed by atoms with van der Waals surface area (Å²) in [6.45, 7) is 8.09. The zero-order chi connectivity index (χ0) is 15.2. The van der Waals surface area contributed by atoms with E-state index in [0.29, 0.717) is 0 Å². The number of fused-ring (bicyclic) bond motifs is 1. The molecule has 0 saturated heterocycles. The third-order valence-electron chi connectivity index (χ3n) is 4.52. The number of benzene rings is 2. The van der Waals surface area contributed by atoms with Crippen LogP contribution in [0.1, 0.15) is 45.2 Å². The van der Waals surface area contributed by atoms with Crippen LogP contribution in [-0.4, -0.2) is 5.11 Å². The van der Waals surface area contributed by atoms with Crippen LogP contribution < -0.4 is 0 Å². The first-order valence-corrected chi connectivity index (χ1v) is 7.51. The monoisotopic (exact) mass is 326 g/mol. The van der Waals surface area contributed by atoms with Crippen molar-refractivity contribution in [2.45, 2.75) is 39.7 Å². The van der Waals surface area contributed by atoms with Gasteiger partial charge in [-0.15, -0.1) is 0 Å². The Kier molecular flexibility index (Phi) is 4.82. The van der Waals surface area contributed by atoms with Gasteiger partial charge in [-0.2, -0.15) is 0 Å². The molecule has 1 aliphatic rings. The number of hydrogen-bond donors (Lipinski definition) is 1. The van der Waals surface area contributed by atoms with Crippen LogP contribution in [0, 0.1) is 0 Å². The van der Waals surface area contributed by atoms with Crippen LogP contribution in [-0.2, 0) is 27.3 Å². The van der Waals surface area contributed by atoms with Gasteiger partial charge in [0, 0.05) is 21.7 Å². The van der Waals surface area contributed by atoms with Gasteiger partial charge in [0.1, 0.15) is 0 Å². The zero-order valence-electron chi connectivity index (χ0n) is 13.7. The van der Waals surface area contributed by atoms with Gasteiger partial charge in [0.15, 0.2) is 0 Å². The molecule has 0 heterocycles. The standard InChI is InChI=1S/C20H22O.Ti/c1-13-9-11-16(14(13)2)18-12-10-15-7-5-6-8-17(15)19(18)20(3,4)21;/h5-10,12,21H,11H2,1-4H3;. The molecule has 112 valence electrons. The van der Waals surface area contributed by atoms with E-state index in [9.17, 15) is 5.11 Å². The Bertz CT molecular complexity index is 776. The summed E-state index contributed by atoms with van der Waals surface area (Å²) in [4.78, 5) is 0. The number of rotatable bonds is 2. The molecule has 0 fully saturated rings. The Hall–Kier alpha value is -1.15. The first-order chi connectivity index (χ1) is 9.89. The molecule has 0 atom stereocenters. The molecular formula is C20H22OTi. The van der Waals surface area contributed by atoms with Crippen molar-refractivity contribution in [3.63, 3.8) is 0 Å². The molecule has 0 bridgehead atoms. The Balaban J connectivity index is 0.00000176. The van der Waals surface area contributed by atoms with Crippen LogP contribution in [0.5, 0.6) is 0 Å². The largest absolute Gasteiger partial charge is 0.386 e. The first-order valence-electron chi connectivity index (χ1n) is 7.51. The van der Waals surface area contributed by atoms with E-state index < -0.39 is 5.60 Å². The Morgan fingerprint density at radius 1 is 1.00 bits per heavy atom. The van der Waals surface area contributed by atoms with Crippen molar-refractivity contribution in [2.24, 2.45) is 0 Å². The smallest absolute Gasteiger partial charge is 0.0852 e. The van der Waals surface area contributed by atoms with Gasteiger partial charge in [0.2, 0.25) is 0 Å². The number of allylic oxidation sites excluding steroid dienone is 4. The molecule has 2 aromatic rings. The van der Waals surface area contributed by atoms with Crippen LogP contribution in [0.2, 0.25) is 0 Å². The minimum Gasteiger partial charge on any atom is -0.386 e. The summed E-state index contributed by atoms with van der Waals surface area (Å²) in [5, 5.41) is 13.1. The second-order valence-corrected chi connectivity index (χ2v) is 6.46. The molecule has 0 amide bonds. The topological polar surface area (TPSA) is 20.2 Å². The van der Waals surface area contributed by atoms with Crippen molar-refractivity contribution in [3.05, 3.63) is 64.7 Å². The second-order valence-electron chi connectivity index (χ2n) is 6.46. The second kappa shape index (κ2) is 6.16. The Morgan fingerprint density at radius 3 is 2.27 bits per heavy atom. The van der Waals surface area contributed by atoms with E-state index in [1.54, 1.807) is 0 Å². The average molecular weight is 326 g/mol. The molecule has 2 aromatic carbocycles. The van der Waals surface area contributed by atoms with E-state index in [0.717, 1.165) is 17.4 Å². The molecule has 1 N–H and O–H groups in total. The average Bonchev–Trinajstić information content (AvgIpc) is 2.76. The maximum Gasteiger partial charge on any atom is 0.0852 e. The van der Waals surface area contributed by atoms with E-state index >= 15 is 0 Å². The maximum absolute atomic E-state index is 10.7. The molecule has 0 unspecified atom stereocenters. The van der Waals surface area contributed by atoms with E-state index in [4.69, 9.17) is 0 Å².